The van der Waals surface area contributed by atoms with E-state index in [1.54, 1.807) is 0 Å². The molecule has 0 aliphatic heterocycles. The van der Waals surface area contributed by atoms with Crippen LogP contribution in [-0.2, 0) is 4.94 Å². The second-order valence-electron chi connectivity index (χ2n) is 0.837. The molecule has 5 nitrogen and oxygen atoms in total. The van der Waals surface area contributed by atoms with Gasteiger partial charge in [-0.15, -0.1) is 0 Å². The number of quaternary nitrogens is 1. The van der Waals surface area contributed by atoms with Crippen LogP contribution in [0.25, 0.3) is 0 Å². The van der Waals surface area contributed by atoms with Gasteiger partial charge in [-0.05, 0) is 5.16 Å². The third-order valence-corrected chi connectivity index (χ3v) is 0.242. The van der Waals surface area contributed by atoms with Gasteiger partial charge >= 0.3 is 0 Å². The van der Waals surface area contributed by atoms with Gasteiger partial charge in [0.25, 0.3) is 0 Å². The van der Waals surface area contributed by atoms with Crippen molar-refractivity contribution in [2.45, 2.75) is 0 Å². The Bertz CT molecular complexity index is 62.0. The first-order valence-electron chi connectivity index (χ1n) is 1.68. The van der Waals surface area contributed by atoms with Crippen LogP contribution < -0.4 is 11.0 Å². The van der Waals surface area contributed by atoms with E-state index in [1.807, 2.05) is 0 Å². The second kappa shape index (κ2) is 3.38. The van der Waals surface area contributed by atoms with Crippen LogP contribution in [0.4, 0.5) is 0 Å². The predicted octanol–water partition coefficient (Wildman–Crippen LogP) is -2.17. The number of hydroxylamine groups is 2. The van der Waals surface area contributed by atoms with Crippen molar-refractivity contribution in [1.82, 2.24) is 0 Å². The third-order valence-electron chi connectivity index (χ3n) is 0.242. The first kappa shape index (κ1) is 6.19. The molecule has 0 saturated heterocycles. The summed E-state index contributed by atoms with van der Waals surface area (Å²) in [5.74, 6) is 0. The van der Waals surface area contributed by atoms with Gasteiger partial charge in [-0.2, -0.15) is 10.2 Å². The number of hydrogen-bond donors (Lipinski definition) is 2. The summed E-state index contributed by atoms with van der Waals surface area (Å²) in [6.07, 6.45) is 0.904. The molecule has 42 valence electrons. The summed E-state index contributed by atoms with van der Waals surface area (Å²) in [6, 6.07) is 0. The zero-order chi connectivity index (χ0) is 5.70. The molecule has 0 aliphatic rings. The number of oxime groups is 1. The quantitative estimate of drug-likeness (QED) is 0.238. The zero-order valence-corrected chi connectivity index (χ0v) is 3.92. The number of nitrogens with two attached hydrogens (primary N) is 1. The molecule has 7 heavy (non-hydrogen) atoms. The molecular weight excluding hydrogens is 98.0 g/mol. The van der Waals surface area contributed by atoms with Crippen LogP contribution in [0.3, 0.4) is 0 Å². The van der Waals surface area contributed by atoms with Gasteiger partial charge < -0.3 is 10.9 Å². The summed E-state index contributed by atoms with van der Waals surface area (Å²) in [6.45, 7) is 0. The Morgan fingerprint density at radius 2 is 2.57 bits per heavy atom. The SMILES string of the molecule is C[NH+]([O-])ON=CN. The van der Waals surface area contributed by atoms with Gasteiger partial charge in [-0.3, -0.25) is 0 Å². The summed E-state index contributed by atoms with van der Waals surface area (Å²) in [5.41, 5.74) is 4.71. The van der Waals surface area contributed by atoms with Crippen molar-refractivity contribution in [2.24, 2.45) is 10.9 Å². The van der Waals surface area contributed by atoms with Crippen molar-refractivity contribution in [1.29, 1.82) is 0 Å². The van der Waals surface area contributed by atoms with Gasteiger partial charge in [0.2, 0.25) is 0 Å². The summed E-state index contributed by atoms with van der Waals surface area (Å²) in [4.78, 5) is 4.00. The minimum Gasteiger partial charge on any atom is -0.589 e. The number of nitrogens with one attached hydrogen (secondary N) is 1. The van der Waals surface area contributed by atoms with E-state index in [9.17, 15) is 5.21 Å². The topological polar surface area (TPSA) is 75.1 Å². The number of rotatable bonds is 2. The highest BCUT2D eigenvalue weighted by Gasteiger charge is 1.74. The molecule has 0 aromatic heterocycles. The standard InChI is InChI=1S/C2H7N3O2/c1-5(6)7-4-2-3/h2,5H,1H3,(H2,3,4). The zero-order valence-electron chi connectivity index (χ0n) is 3.92. The fourth-order valence-corrected chi connectivity index (χ4v) is 0.105. The summed E-state index contributed by atoms with van der Waals surface area (Å²) < 4.78 is 0. The Morgan fingerprint density at radius 1 is 2.00 bits per heavy atom. The monoisotopic (exact) mass is 105 g/mol. The molecule has 0 aromatic rings. The molecule has 0 aromatic carbocycles. The first-order chi connectivity index (χ1) is 3.27. The largest absolute Gasteiger partial charge is 0.589 e. The molecule has 0 fully saturated rings. The number of nitrogens with zero attached hydrogens (tertiary/aromatic N) is 1. The smallest absolute Gasteiger partial charge is 0.132 e. The average Bonchev–Trinajstić information content (AvgIpc) is 1.61. The van der Waals surface area contributed by atoms with Crippen LogP contribution in [0.2, 0.25) is 0 Å². The van der Waals surface area contributed by atoms with Crippen LogP contribution in [-0.4, -0.2) is 13.4 Å². The van der Waals surface area contributed by atoms with Crippen molar-refractivity contribution in [3.63, 3.8) is 0 Å². The van der Waals surface area contributed by atoms with E-state index < -0.39 is 5.23 Å². The molecule has 0 bridgehead atoms. The highest BCUT2D eigenvalue weighted by Crippen LogP contribution is 1.48. The molecule has 1 atom stereocenters. The van der Waals surface area contributed by atoms with E-state index in [-0.39, 0.29) is 0 Å². The van der Waals surface area contributed by atoms with Crippen molar-refractivity contribution in [3.8, 4) is 0 Å². The molecule has 0 aliphatic carbocycles. The molecule has 0 radical (unpaired) electrons. The van der Waals surface area contributed by atoms with Gasteiger partial charge in [0, 0.05) is 0 Å². The van der Waals surface area contributed by atoms with Gasteiger partial charge in [0.1, 0.15) is 13.4 Å². The van der Waals surface area contributed by atoms with Crippen LogP contribution in [0, 0.1) is 5.21 Å². The van der Waals surface area contributed by atoms with Crippen molar-refractivity contribution >= 4 is 6.34 Å². The van der Waals surface area contributed by atoms with Gasteiger partial charge in [0.05, 0.1) is 0 Å². The molecule has 0 rings (SSSR count). The van der Waals surface area contributed by atoms with Gasteiger partial charge in [0.15, 0.2) is 0 Å². The van der Waals surface area contributed by atoms with Crippen molar-refractivity contribution in [3.05, 3.63) is 5.21 Å². The maximum atomic E-state index is 9.81. The summed E-state index contributed by atoms with van der Waals surface area (Å²) >= 11 is 0. The van der Waals surface area contributed by atoms with Crippen LogP contribution in [0.1, 0.15) is 0 Å². The fraction of sp³-hybridized carbons (Fsp3) is 0.500. The molecule has 0 amide bonds. The van der Waals surface area contributed by atoms with Crippen LogP contribution in [0.5, 0.6) is 0 Å². The molecule has 0 saturated carbocycles. The average molecular weight is 105 g/mol. The van der Waals surface area contributed by atoms with Gasteiger partial charge in [-0.1, -0.05) is 0 Å². The minimum absolute atomic E-state index is 0.471. The summed E-state index contributed by atoms with van der Waals surface area (Å²) in [7, 11) is 1.24. The predicted molar refractivity (Wildman–Crippen MR) is 24.0 cm³/mol. The molecule has 3 N–H and O–H groups in total. The maximum Gasteiger partial charge on any atom is 0.132 e. The van der Waals surface area contributed by atoms with Gasteiger partial charge in [-0.25, -0.2) is 0 Å². The Hall–Kier alpha value is -0.810. The lowest BCUT2D eigenvalue weighted by Crippen LogP contribution is -3.02. The molecule has 0 spiro atoms. The first-order valence-corrected chi connectivity index (χ1v) is 1.68. The van der Waals surface area contributed by atoms with E-state index in [0.29, 0.717) is 0 Å². The molecule has 1 unspecified atom stereocenters. The Labute approximate surface area is 40.9 Å². The fourth-order valence-electron chi connectivity index (χ4n) is 0.105. The van der Waals surface area contributed by atoms with E-state index in [1.165, 1.54) is 7.05 Å². The number of hydrogen-bond acceptors (Lipinski definition) is 3. The maximum absolute atomic E-state index is 9.81. The molecule has 5 heteroatoms. The summed E-state index contributed by atoms with van der Waals surface area (Å²) in [5, 5.41) is 12.3. The van der Waals surface area contributed by atoms with Crippen LogP contribution in [0.15, 0.2) is 5.16 Å². The third kappa shape index (κ3) is 5.19. The van der Waals surface area contributed by atoms with E-state index in [4.69, 9.17) is 5.73 Å². The van der Waals surface area contributed by atoms with E-state index in [0.717, 1.165) is 6.34 Å². The Kier molecular flexibility index (Phi) is 2.99. The lowest BCUT2D eigenvalue weighted by atomic mass is 11.4. The Morgan fingerprint density at radius 3 is 2.71 bits per heavy atom. The molecular formula is C2H7N3O2. The molecule has 0 heterocycles. The van der Waals surface area contributed by atoms with Crippen LogP contribution >= 0.6 is 0 Å². The van der Waals surface area contributed by atoms with Crippen molar-refractivity contribution in [2.75, 3.05) is 7.05 Å². The normalized spacial score (nSPS) is 14.6. The van der Waals surface area contributed by atoms with E-state index >= 15 is 0 Å². The second-order valence-corrected chi connectivity index (χ2v) is 0.837. The Balaban J connectivity index is 2.97. The lowest BCUT2D eigenvalue weighted by molar-refractivity contribution is -1.04. The van der Waals surface area contributed by atoms with Crippen molar-refractivity contribution < 1.29 is 10.2 Å². The highest BCUT2D eigenvalue weighted by atomic mass is 16.9. The van der Waals surface area contributed by atoms with E-state index in [2.05, 4.69) is 10.1 Å². The minimum atomic E-state index is -0.471. The lowest BCUT2D eigenvalue weighted by Gasteiger charge is -2.06. The highest BCUT2D eigenvalue weighted by molar-refractivity contribution is 5.49.